The molecule has 0 aromatic heterocycles. The van der Waals surface area contributed by atoms with Crippen LogP contribution in [0.15, 0.2) is 12.1 Å². The molecule has 0 radical (unpaired) electrons. The molecule has 0 saturated carbocycles. The lowest BCUT2D eigenvalue weighted by Crippen LogP contribution is -2.05. The van der Waals surface area contributed by atoms with Gasteiger partial charge in [-0.05, 0) is 18.1 Å². The number of esters is 1. The molecule has 0 aliphatic heterocycles. The molecule has 92 valence electrons. The highest BCUT2D eigenvalue weighted by atomic mass is 16.5. The Morgan fingerprint density at radius 3 is 2.65 bits per heavy atom. The standard InChI is InChI=1S/C12H14O5/c1-16-11-7-10(14)8(4-3-5-13)6-9(11)12(15)17-2/h5-7,14H,3-4H2,1-2H3. The lowest BCUT2D eigenvalue weighted by atomic mass is 10.0. The summed E-state index contributed by atoms with van der Waals surface area (Å²) in [7, 11) is 2.66. The van der Waals surface area contributed by atoms with E-state index in [9.17, 15) is 14.7 Å². The number of hydrogen-bond donors (Lipinski definition) is 1. The Kier molecular flexibility index (Phi) is 4.51. The Morgan fingerprint density at radius 2 is 2.12 bits per heavy atom. The van der Waals surface area contributed by atoms with Gasteiger partial charge in [0, 0.05) is 12.5 Å². The van der Waals surface area contributed by atoms with Crippen LogP contribution in [0.25, 0.3) is 0 Å². The van der Waals surface area contributed by atoms with Crippen molar-refractivity contribution in [2.24, 2.45) is 0 Å². The first-order valence-electron chi connectivity index (χ1n) is 5.05. The fourth-order valence-electron chi connectivity index (χ4n) is 1.47. The lowest BCUT2D eigenvalue weighted by Gasteiger charge is -2.10. The quantitative estimate of drug-likeness (QED) is 0.618. The number of carbonyl (C=O) groups is 2. The molecule has 5 heteroatoms. The molecule has 0 bridgehead atoms. The van der Waals surface area contributed by atoms with Gasteiger partial charge in [0.1, 0.15) is 23.3 Å². The second-order valence-corrected chi connectivity index (χ2v) is 3.38. The molecule has 0 amide bonds. The lowest BCUT2D eigenvalue weighted by molar-refractivity contribution is -0.107. The highest BCUT2D eigenvalue weighted by Crippen LogP contribution is 2.29. The zero-order chi connectivity index (χ0) is 12.8. The predicted octanol–water partition coefficient (Wildman–Crippen LogP) is 1.32. The van der Waals surface area contributed by atoms with Gasteiger partial charge in [0.2, 0.25) is 0 Å². The maximum atomic E-state index is 11.5. The summed E-state index contributed by atoms with van der Waals surface area (Å²) in [6.45, 7) is 0. The summed E-state index contributed by atoms with van der Waals surface area (Å²) in [4.78, 5) is 21.8. The van der Waals surface area contributed by atoms with Gasteiger partial charge < -0.3 is 19.4 Å². The molecule has 0 heterocycles. The number of benzene rings is 1. The number of ether oxygens (including phenoxy) is 2. The van der Waals surface area contributed by atoms with Crippen molar-refractivity contribution in [2.45, 2.75) is 12.8 Å². The largest absolute Gasteiger partial charge is 0.508 e. The van der Waals surface area contributed by atoms with Crippen molar-refractivity contribution >= 4 is 12.3 Å². The Morgan fingerprint density at radius 1 is 1.41 bits per heavy atom. The fourth-order valence-corrected chi connectivity index (χ4v) is 1.47. The van der Waals surface area contributed by atoms with Crippen LogP contribution in [0.4, 0.5) is 0 Å². The minimum atomic E-state index is -0.547. The van der Waals surface area contributed by atoms with Crippen molar-refractivity contribution in [1.29, 1.82) is 0 Å². The van der Waals surface area contributed by atoms with Gasteiger partial charge in [-0.25, -0.2) is 4.79 Å². The maximum absolute atomic E-state index is 11.5. The summed E-state index contributed by atoms with van der Waals surface area (Å²) < 4.78 is 9.59. The number of aromatic hydroxyl groups is 1. The average Bonchev–Trinajstić information content (AvgIpc) is 2.35. The SMILES string of the molecule is COC(=O)c1cc(CCC=O)c(O)cc1OC. The van der Waals surface area contributed by atoms with E-state index in [4.69, 9.17) is 4.74 Å². The normalized spacial score (nSPS) is 9.76. The molecule has 0 aliphatic rings. The van der Waals surface area contributed by atoms with Crippen molar-refractivity contribution in [3.8, 4) is 11.5 Å². The highest BCUT2D eigenvalue weighted by Gasteiger charge is 2.16. The van der Waals surface area contributed by atoms with Crippen LogP contribution >= 0.6 is 0 Å². The van der Waals surface area contributed by atoms with E-state index < -0.39 is 5.97 Å². The number of hydrogen-bond acceptors (Lipinski definition) is 5. The van der Waals surface area contributed by atoms with Crippen molar-refractivity contribution in [3.63, 3.8) is 0 Å². The maximum Gasteiger partial charge on any atom is 0.341 e. The first kappa shape index (κ1) is 13.0. The molecular formula is C12H14O5. The minimum absolute atomic E-state index is 0.00338. The molecule has 5 nitrogen and oxygen atoms in total. The molecule has 1 N–H and O–H groups in total. The average molecular weight is 238 g/mol. The molecule has 0 unspecified atom stereocenters. The molecule has 0 aliphatic carbocycles. The first-order valence-corrected chi connectivity index (χ1v) is 5.05. The van der Waals surface area contributed by atoms with Gasteiger partial charge in [-0.2, -0.15) is 0 Å². The second kappa shape index (κ2) is 5.89. The van der Waals surface area contributed by atoms with E-state index in [1.165, 1.54) is 26.4 Å². The summed E-state index contributed by atoms with van der Waals surface area (Å²) in [6.07, 6.45) is 1.39. The third-order valence-corrected chi connectivity index (χ3v) is 2.34. The van der Waals surface area contributed by atoms with Gasteiger partial charge in [-0.1, -0.05) is 0 Å². The molecular weight excluding hydrogens is 224 g/mol. The summed E-state index contributed by atoms with van der Waals surface area (Å²) in [6, 6.07) is 2.82. The molecule has 1 aromatic carbocycles. The second-order valence-electron chi connectivity index (χ2n) is 3.38. The van der Waals surface area contributed by atoms with Gasteiger partial charge in [-0.3, -0.25) is 0 Å². The van der Waals surface area contributed by atoms with Crippen LogP contribution in [-0.4, -0.2) is 31.6 Å². The molecule has 0 atom stereocenters. The third kappa shape index (κ3) is 2.96. The van der Waals surface area contributed by atoms with E-state index in [1.807, 2.05) is 0 Å². The first-order chi connectivity index (χ1) is 8.13. The number of methoxy groups -OCH3 is 2. The molecule has 0 spiro atoms. The number of phenols is 1. The molecule has 17 heavy (non-hydrogen) atoms. The third-order valence-electron chi connectivity index (χ3n) is 2.34. The fraction of sp³-hybridized carbons (Fsp3) is 0.333. The van der Waals surface area contributed by atoms with Gasteiger partial charge in [-0.15, -0.1) is 0 Å². The summed E-state index contributed by atoms with van der Waals surface area (Å²) in [5.74, 6) is -0.310. The van der Waals surface area contributed by atoms with Crippen LogP contribution in [0.5, 0.6) is 11.5 Å². The van der Waals surface area contributed by atoms with Crippen molar-refractivity contribution in [1.82, 2.24) is 0 Å². The molecule has 0 fully saturated rings. The van der Waals surface area contributed by atoms with Crippen LogP contribution in [0.3, 0.4) is 0 Å². The van der Waals surface area contributed by atoms with Gasteiger partial charge >= 0.3 is 5.97 Å². The number of aldehydes is 1. The summed E-state index contributed by atoms with van der Waals surface area (Å²) >= 11 is 0. The van der Waals surface area contributed by atoms with E-state index in [0.29, 0.717) is 12.0 Å². The Hall–Kier alpha value is -2.04. The Labute approximate surface area is 99.0 Å². The Bertz CT molecular complexity index is 425. The smallest absolute Gasteiger partial charge is 0.341 e. The predicted molar refractivity (Wildman–Crippen MR) is 60.4 cm³/mol. The van der Waals surface area contributed by atoms with E-state index in [0.717, 1.165) is 6.29 Å². The molecule has 1 rings (SSSR count). The molecule has 1 aromatic rings. The van der Waals surface area contributed by atoms with E-state index in [1.54, 1.807) is 0 Å². The Balaban J connectivity index is 3.17. The van der Waals surface area contributed by atoms with Crippen molar-refractivity contribution in [3.05, 3.63) is 23.3 Å². The van der Waals surface area contributed by atoms with Gasteiger partial charge in [0.25, 0.3) is 0 Å². The van der Waals surface area contributed by atoms with E-state index in [-0.39, 0.29) is 23.5 Å². The number of carbonyl (C=O) groups excluding carboxylic acids is 2. The number of phenolic OH excluding ortho intramolecular Hbond substituents is 1. The zero-order valence-electron chi connectivity index (χ0n) is 9.73. The van der Waals surface area contributed by atoms with Gasteiger partial charge in [0.15, 0.2) is 0 Å². The summed E-state index contributed by atoms with van der Waals surface area (Å²) in [5.41, 5.74) is 0.743. The van der Waals surface area contributed by atoms with Crippen LogP contribution in [0.2, 0.25) is 0 Å². The zero-order valence-corrected chi connectivity index (χ0v) is 9.73. The van der Waals surface area contributed by atoms with Gasteiger partial charge in [0.05, 0.1) is 14.2 Å². The minimum Gasteiger partial charge on any atom is -0.508 e. The van der Waals surface area contributed by atoms with Crippen molar-refractivity contribution < 1.29 is 24.2 Å². The number of rotatable bonds is 5. The van der Waals surface area contributed by atoms with Crippen LogP contribution in [-0.2, 0) is 16.0 Å². The summed E-state index contributed by atoms with van der Waals surface area (Å²) in [5, 5.41) is 9.68. The highest BCUT2D eigenvalue weighted by molar-refractivity contribution is 5.93. The topological polar surface area (TPSA) is 72.8 Å². The van der Waals surface area contributed by atoms with Crippen LogP contribution in [0, 0.1) is 0 Å². The van der Waals surface area contributed by atoms with E-state index in [2.05, 4.69) is 4.74 Å². The van der Waals surface area contributed by atoms with Crippen LogP contribution < -0.4 is 4.74 Å². The van der Waals surface area contributed by atoms with E-state index >= 15 is 0 Å². The van der Waals surface area contributed by atoms with Crippen molar-refractivity contribution in [2.75, 3.05) is 14.2 Å². The van der Waals surface area contributed by atoms with Crippen LogP contribution in [0.1, 0.15) is 22.3 Å². The monoisotopic (exact) mass is 238 g/mol. The number of aryl methyl sites for hydroxylation is 1. The molecule has 0 saturated heterocycles.